The summed E-state index contributed by atoms with van der Waals surface area (Å²) in [6.45, 7) is 1.92. The number of carbonyl (C=O) groups is 1. The average Bonchev–Trinajstić information content (AvgIpc) is 2.40. The number of halogens is 1. The molecular formula is C16H15FO. The number of benzene rings is 2. The molecule has 0 saturated heterocycles. The summed E-state index contributed by atoms with van der Waals surface area (Å²) >= 11 is 0. The summed E-state index contributed by atoms with van der Waals surface area (Å²) in [7, 11) is 0. The SMILES string of the molecule is CC(CC=O)c1ccc(-c2ccccc2)c(F)c1. The third kappa shape index (κ3) is 2.65. The van der Waals surface area contributed by atoms with Crippen molar-refractivity contribution in [1.82, 2.24) is 0 Å². The van der Waals surface area contributed by atoms with Crippen LogP contribution in [0.5, 0.6) is 0 Å². The zero-order chi connectivity index (χ0) is 13.0. The summed E-state index contributed by atoms with van der Waals surface area (Å²) in [4.78, 5) is 10.5. The number of hydrogen-bond donors (Lipinski definition) is 0. The topological polar surface area (TPSA) is 17.1 Å². The van der Waals surface area contributed by atoms with E-state index in [1.807, 2.05) is 43.3 Å². The molecule has 1 atom stereocenters. The molecule has 0 aliphatic heterocycles. The van der Waals surface area contributed by atoms with Gasteiger partial charge in [-0.2, -0.15) is 0 Å². The third-order valence-electron chi connectivity index (χ3n) is 3.10. The van der Waals surface area contributed by atoms with E-state index in [0.29, 0.717) is 12.0 Å². The molecule has 18 heavy (non-hydrogen) atoms. The molecule has 0 saturated carbocycles. The minimum atomic E-state index is -0.239. The summed E-state index contributed by atoms with van der Waals surface area (Å²) in [6, 6.07) is 14.6. The van der Waals surface area contributed by atoms with E-state index in [1.165, 1.54) is 6.07 Å². The molecule has 0 bridgehead atoms. The van der Waals surface area contributed by atoms with Crippen molar-refractivity contribution in [3.63, 3.8) is 0 Å². The Bertz CT molecular complexity index is 534. The summed E-state index contributed by atoms with van der Waals surface area (Å²) < 4.78 is 14.0. The molecule has 0 aliphatic rings. The monoisotopic (exact) mass is 242 g/mol. The van der Waals surface area contributed by atoms with Crippen LogP contribution in [0.4, 0.5) is 4.39 Å². The zero-order valence-electron chi connectivity index (χ0n) is 10.3. The maximum Gasteiger partial charge on any atom is 0.131 e. The Morgan fingerprint density at radius 3 is 2.50 bits per heavy atom. The van der Waals surface area contributed by atoms with Crippen molar-refractivity contribution in [2.75, 3.05) is 0 Å². The van der Waals surface area contributed by atoms with Gasteiger partial charge < -0.3 is 4.79 Å². The normalized spacial score (nSPS) is 12.1. The predicted octanol–water partition coefficient (Wildman–Crippen LogP) is 4.19. The van der Waals surface area contributed by atoms with Gasteiger partial charge in [0.1, 0.15) is 12.1 Å². The molecular weight excluding hydrogens is 227 g/mol. The predicted molar refractivity (Wildman–Crippen MR) is 70.9 cm³/mol. The Balaban J connectivity index is 2.34. The van der Waals surface area contributed by atoms with Crippen molar-refractivity contribution in [2.24, 2.45) is 0 Å². The first-order chi connectivity index (χ1) is 8.72. The van der Waals surface area contributed by atoms with Crippen LogP contribution in [-0.4, -0.2) is 6.29 Å². The number of aldehydes is 1. The van der Waals surface area contributed by atoms with Crippen molar-refractivity contribution < 1.29 is 9.18 Å². The van der Waals surface area contributed by atoms with Crippen LogP contribution in [0, 0.1) is 5.82 Å². The van der Waals surface area contributed by atoms with Gasteiger partial charge in [0, 0.05) is 12.0 Å². The van der Waals surface area contributed by atoms with E-state index in [2.05, 4.69) is 0 Å². The molecule has 0 fully saturated rings. The van der Waals surface area contributed by atoms with Crippen LogP contribution in [0.1, 0.15) is 24.8 Å². The molecule has 0 heterocycles. The van der Waals surface area contributed by atoms with Crippen LogP contribution in [0.15, 0.2) is 48.5 Å². The summed E-state index contributed by atoms with van der Waals surface area (Å²) in [6.07, 6.45) is 1.29. The molecule has 2 heteroatoms. The highest BCUT2D eigenvalue weighted by Gasteiger charge is 2.09. The Morgan fingerprint density at radius 1 is 1.17 bits per heavy atom. The summed E-state index contributed by atoms with van der Waals surface area (Å²) in [5.74, 6) is -0.182. The van der Waals surface area contributed by atoms with Crippen molar-refractivity contribution in [3.8, 4) is 11.1 Å². The fourth-order valence-corrected chi connectivity index (χ4v) is 1.97. The van der Waals surface area contributed by atoms with Gasteiger partial charge in [-0.3, -0.25) is 0 Å². The van der Waals surface area contributed by atoms with E-state index in [0.717, 1.165) is 17.4 Å². The second-order valence-corrected chi connectivity index (χ2v) is 4.41. The highest BCUT2D eigenvalue weighted by atomic mass is 19.1. The minimum absolute atomic E-state index is 0.0572. The molecule has 1 unspecified atom stereocenters. The number of hydrogen-bond acceptors (Lipinski definition) is 1. The summed E-state index contributed by atoms with van der Waals surface area (Å²) in [5, 5.41) is 0. The lowest BCUT2D eigenvalue weighted by Crippen LogP contribution is -1.96. The highest BCUT2D eigenvalue weighted by molar-refractivity contribution is 5.64. The molecule has 0 spiro atoms. The van der Waals surface area contributed by atoms with Gasteiger partial charge in [0.2, 0.25) is 0 Å². The zero-order valence-corrected chi connectivity index (χ0v) is 10.3. The van der Waals surface area contributed by atoms with Gasteiger partial charge in [0.15, 0.2) is 0 Å². The molecule has 0 amide bonds. The first-order valence-electron chi connectivity index (χ1n) is 6.01. The minimum Gasteiger partial charge on any atom is -0.303 e. The van der Waals surface area contributed by atoms with Gasteiger partial charge >= 0.3 is 0 Å². The van der Waals surface area contributed by atoms with Gasteiger partial charge in [0.05, 0.1) is 0 Å². The molecule has 0 aromatic heterocycles. The summed E-state index contributed by atoms with van der Waals surface area (Å²) in [5.41, 5.74) is 2.32. The quantitative estimate of drug-likeness (QED) is 0.735. The molecule has 0 radical (unpaired) electrons. The van der Waals surface area contributed by atoms with Crippen LogP contribution in [0.2, 0.25) is 0 Å². The van der Waals surface area contributed by atoms with Crippen molar-refractivity contribution in [3.05, 3.63) is 59.9 Å². The average molecular weight is 242 g/mol. The second-order valence-electron chi connectivity index (χ2n) is 4.41. The Morgan fingerprint density at radius 2 is 1.89 bits per heavy atom. The van der Waals surface area contributed by atoms with E-state index < -0.39 is 0 Å². The van der Waals surface area contributed by atoms with E-state index in [1.54, 1.807) is 6.07 Å². The molecule has 92 valence electrons. The Hall–Kier alpha value is -1.96. The van der Waals surface area contributed by atoms with Crippen LogP contribution in [0.3, 0.4) is 0 Å². The van der Waals surface area contributed by atoms with E-state index in [9.17, 15) is 9.18 Å². The molecule has 1 nitrogen and oxygen atoms in total. The van der Waals surface area contributed by atoms with Gasteiger partial charge in [-0.15, -0.1) is 0 Å². The maximum absolute atomic E-state index is 14.0. The largest absolute Gasteiger partial charge is 0.303 e. The van der Waals surface area contributed by atoms with E-state index in [4.69, 9.17) is 0 Å². The molecule has 2 rings (SSSR count). The Labute approximate surface area is 106 Å². The van der Waals surface area contributed by atoms with Gasteiger partial charge in [0.25, 0.3) is 0 Å². The van der Waals surface area contributed by atoms with Crippen LogP contribution < -0.4 is 0 Å². The smallest absolute Gasteiger partial charge is 0.131 e. The van der Waals surface area contributed by atoms with E-state index >= 15 is 0 Å². The van der Waals surface area contributed by atoms with Crippen molar-refractivity contribution in [1.29, 1.82) is 0 Å². The molecule has 2 aromatic carbocycles. The van der Waals surface area contributed by atoms with Crippen molar-refractivity contribution in [2.45, 2.75) is 19.3 Å². The van der Waals surface area contributed by atoms with E-state index in [-0.39, 0.29) is 11.7 Å². The van der Waals surface area contributed by atoms with Crippen LogP contribution in [0.25, 0.3) is 11.1 Å². The van der Waals surface area contributed by atoms with Gasteiger partial charge in [-0.25, -0.2) is 4.39 Å². The fourth-order valence-electron chi connectivity index (χ4n) is 1.97. The third-order valence-corrected chi connectivity index (χ3v) is 3.10. The van der Waals surface area contributed by atoms with Crippen LogP contribution >= 0.6 is 0 Å². The number of rotatable bonds is 4. The lowest BCUT2D eigenvalue weighted by Gasteiger charge is -2.10. The fraction of sp³-hybridized carbons (Fsp3) is 0.188. The molecule has 0 N–H and O–H groups in total. The molecule has 2 aromatic rings. The van der Waals surface area contributed by atoms with Crippen molar-refractivity contribution >= 4 is 6.29 Å². The first kappa shape index (κ1) is 12.5. The Kier molecular flexibility index (Phi) is 3.88. The lowest BCUT2D eigenvalue weighted by molar-refractivity contribution is -0.108. The first-order valence-corrected chi connectivity index (χ1v) is 6.01. The molecule has 0 aliphatic carbocycles. The maximum atomic E-state index is 14.0. The van der Waals surface area contributed by atoms with Gasteiger partial charge in [-0.05, 0) is 23.1 Å². The lowest BCUT2D eigenvalue weighted by atomic mass is 9.95. The van der Waals surface area contributed by atoms with Crippen LogP contribution in [-0.2, 0) is 4.79 Å². The second kappa shape index (κ2) is 5.58. The standard InChI is InChI=1S/C16H15FO/c1-12(9-10-18)14-7-8-15(16(17)11-14)13-5-3-2-4-6-13/h2-8,10-12H,9H2,1H3. The number of carbonyl (C=O) groups excluding carboxylic acids is 1. The van der Waals surface area contributed by atoms with Gasteiger partial charge in [-0.1, -0.05) is 49.4 Å². The highest BCUT2D eigenvalue weighted by Crippen LogP contribution is 2.26.